The predicted octanol–water partition coefficient (Wildman–Crippen LogP) is 4.64. The lowest BCUT2D eigenvalue weighted by atomic mass is 9.86. The number of halogens is 1. The predicted molar refractivity (Wildman–Crippen MR) is 131 cm³/mol. The van der Waals surface area contributed by atoms with Crippen LogP contribution in [0.4, 0.5) is 5.95 Å². The number of aromatic nitrogens is 5. The van der Waals surface area contributed by atoms with Gasteiger partial charge in [0.15, 0.2) is 0 Å². The highest BCUT2D eigenvalue weighted by molar-refractivity contribution is 6.32. The lowest BCUT2D eigenvalue weighted by Gasteiger charge is -2.29. The van der Waals surface area contributed by atoms with E-state index in [0.29, 0.717) is 22.9 Å². The summed E-state index contributed by atoms with van der Waals surface area (Å²) in [6, 6.07) is 4.69. The van der Waals surface area contributed by atoms with Gasteiger partial charge in [0.1, 0.15) is 0 Å². The summed E-state index contributed by atoms with van der Waals surface area (Å²) in [6.07, 6.45) is 15.8. The molecule has 0 aromatic carbocycles. The zero-order chi connectivity index (χ0) is 22.6. The number of anilines is 1. The van der Waals surface area contributed by atoms with Crippen molar-refractivity contribution in [3.8, 4) is 11.3 Å². The molecule has 0 unspecified atom stereocenters. The molecule has 0 aliphatic heterocycles. The quantitative estimate of drug-likeness (QED) is 0.479. The van der Waals surface area contributed by atoms with Gasteiger partial charge >= 0.3 is 0 Å². The lowest BCUT2D eigenvalue weighted by Crippen LogP contribution is -2.34. The Balaban J connectivity index is 1.15. The molecule has 2 saturated carbocycles. The van der Waals surface area contributed by atoms with Crippen molar-refractivity contribution in [1.82, 2.24) is 30.0 Å². The van der Waals surface area contributed by atoms with Gasteiger partial charge in [-0.25, -0.2) is 9.97 Å². The van der Waals surface area contributed by atoms with Crippen LogP contribution in [0.5, 0.6) is 0 Å². The summed E-state index contributed by atoms with van der Waals surface area (Å²) < 4.78 is 1.96. The van der Waals surface area contributed by atoms with E-state index < -0.39 is 0 Å². The van der Waals surface area contributed by atoms with Crippen LogP contribution < -0.4 is 10.6 Å². The second-order valence-corrected chi connectivity index (χ2v) is 9.91. The van der Waals surface area contributed by atoms with E-state index in [1.54, 1.807) is 6.20 Å². The molecule has 0 saturated heterocycles. The highest BCUT2D eigenvalue weighted by Crippen LogP contribution is 2.37. The minimum Gasteiger partial charge on any atom is -0.354 e. The van der Waals surface area contributed by atoms with E-state index in [2.05, 4.69) is 31.8 Å². The number of nitrogens with zero attached hydrogens (tertiary/aromatic N) is 5. The van der Waals surface area contributed by atoms with Crippen LogP contribution in [0, 0.1) is 11.8 Å². The molecule has 174 valence electrons. The minimum absolute atomic E-state index is 0.575. The molecule has 3 heterocycles. The molecule has 0 atom stereocenters. The van der Waals surface area contributed by atoms with Crippen LogP contribution in [0.3, 0.4) is 0 Å². The SMILES string of the molecule is Cn1ncc(-c2nc(NCC3CCC(NCc4cccnc4)CC3)ncc2Cl)c1CC1CC1. The van der Waals surface area contributed by atoms with Crippen molar-refractivity contribution >= 4 is 17.5 Å². The van der Waals surface area contributed by atoms with Gasteiger partial charge in [-0.2, -0.15) is 5.10 Å². The zero-order valence-corrected chi connectivity index (χ0v) is 19.9. The van der Waals surface area contributed by atoms with Crippen LogP contribution in [-0.2, 0) is 20.0 Å². The van der Waals surface area contributed by atoms with Gasteiger partial charge < -0.3 is 10.6 Å². The summed E-state index contributed by atoms with van der Waals surface area (Å²) in [7, 11) is 2.00. The number of pyridine rings is 1. The van der Waals surface area contributed by atoms with Crippen molar-refractivity contribution in [1.29, 1.82) is 0 Å². The number of rotatable bonds is 9. The maximum Gasteiger partial charge on any atom is 0.223 e. The summed E-state index contributed by atoms with van der Waals surface area (Å²) >= 11 is 6.50. The normalized spacial score (nSPS) is 20.7. The van der Waals surface area contributed by atoms with Crippen molar-refractivity contribution < 1.29 is 0 Å². The molecule has 0 spiro atoms. The second kappa shape index (κ2) is 10.2. The summed E-state index contributed by atoms with van der Waals surface area (Å²) in [6.45, 7) is 1.78. The Morgan fingerprint density at radius 1 is 1.06 bits per heavy atom. The van der Waals surface area contributed by atoms with Crippen LogP contribution in [0.1, 0.15) is 49.8 Å². The third-order valence-electron chi connectivity index (χ3n) is 6.95. The Morgan fingerprint density at radius 3 is 2.64 bits per heavy atom. The smallest absolute Gasteiger partial charge is 0.223 e. The molecule has 2 aliphatic carbocycles. The molecule has 2 N–H and O–H groups in total. The first-order valence-electron chi connectivity index (χ1n) is 12.1. The van der Waals surface area contributed by atoms with Gasteiger partial charge in [-0.15, -0.1) is 0 Å². The van der Waals surface area contributed by atoms with Crippen molar-refractivity contribution in [2.45, 2.75) is 57.5 Å². The van der Waals surface area contributed by atoms with Crippen LogP contribution in [0.15, 0.2) is 36.9 Å². The van der Waals surface area contributed by atoms with E-state index >= 15 is 0 Å². The Labute approximate surface area is 200 Å². The molecule has 0 amide bonds. The molecule has 2 aliphatic rings. The summed E-state index contributed by atoms with van der Waals surface area (Å²) in [5, 5.41) is 12.2. The van der Waals surface area contributed by atoms with Crippen molar-refractivity contribution in [2.24, 2.45) is 18.9 Å². The van der Waals surface area contributed by atoms with Crippen LogP contribution in [-0.4, -0.2) is 37.3 Å². The zero-order valence-electron chi connectivity index (χ0n) is 19.2. The van der Waals surface area contributed by atoms with Gasteiger partial charge in [-0.3, -0.25) is 9.67 Å². The molecular weight excluding hydrogens is 434 g/mol. The first kappa shape index (κ1) is 22.3. The maximum absolute atomic E-state index is 6.50. The molecule has 0 bridgehead atoms. The first-order valence-corrected chi connectivity index (χ1v) is 12.4. The fraction of sp³-hybridized carbons (Fsp3) is 0.520. The first-order chi connectivity index (χ1) is 16.2. The molecule has 8 heteroatoms. The molecule has 3 aromatic heterocycles. The second-order valence-electron chi connectivity index (χ2n) is 9.51. The molecule has 0 radical (unpaired) electrons. The average molecular weight is 466 g/mol. The Bertz CT molecular complexity index is 1060. The molecule has 33 heavy (non-hydrogen) atoms. The molecule has 3 aromatic rings. The largest absolute Gasteiger partial charge is 0.354 e. The number of hydrogen-bond donors (Lipinski definition) is 2. The standard InChI is InChI=1S/C25H32ClN7/c1-33-23(11-17-4-5-17)21(15-31-33)24-22(26)16-30-25(32-24)29-13-18-6-8-20(9-7-18)28-14-19-3-2-10-27-12-19/h2-3,10,12,15-18,20,28H,4-9,11,13-14H2,1H3,(H,29,30,32). The average Bonchev–Trinajstić information content (AvgIpc) is 3.60. The number of hydrogen-bond acceptors (Lipinski definition) is 6. The van der Waals surface area contributed by atoms with Gasteiger partial charge in [0.05, 0.1) is 23.1 Å². The van der Waals surface area contributed by atoms with Crippen LogP contribution >= 0.6 is 11.6 Å². The molecule has 5 rings (SSSR count). The van der Waals surface area contributed by atoms with E-state index in [1.165, 1.54) is 49.8 Å². The van der Waals surface area contributed by atoms with E-state index in [0.717, 1.165) is 36.7 Å². The van der Waals surface area contributed by atoms with E-state index in [-0.39, 0.29) is 0 Å². The van der Waals surface area contributed by atoms with Gasteiger partial charge in [0.2, 0.25) is 5.95 Å². The number of aryl methyl sites for hydroxylation is 1. The van der Waals surface area contributed by atoms with Gasteiger partial charge in [0.25, 0.3) is 0 Å². The molecule has 7 nitrogen and oxygen atoms in total. The summed E-state index contributed by atoms with van der Waals surface area (Å²) in [4.78, 5) is 13.4. The molecular formula is C25H32ClN7. The van der Waals surface area contributed by atoms with E-state index in [9.17, 15) is 0 Å². The summed E-state index contributed by atoms with van der Waals surface area (Å²) in [5.41, 5.74) is 4.26. The Morgan fingerprint density at radius 2 is 1.88 bits per heavy atom. The van der Waals surface area contributed by atoms with Crippen molar-refractivity contribution in [3.63, 3.8) is 0 Å². The van der Waals surface area contributed by atoms with Crippen LogP contribution in [0.25, 0.3) is 11.3 Å². The fourth-order valence-corrected chi connectivity index (χ4v) is 4.90. The van der Waals surface area contributed by atoms with E-state index in [4.69, 9.17) is 16.6 Å². The van der Waals surface area contributed by atoms with Crippen LogP contribution in [0.2, 0.25) is 5.02 Å². The Kier molecular flexibility index (Phi) is 6.88. The lowest BCUT2D eigenvalue weighted by molar-refractivity contribution is 0.300. The molecule has 2 fully saturated rings. The van der Waals surface area contributed by atoms with Gasteiger partial charge in [-0.1, -0.05) is 17.7 Å². The topological polar surface area (TPSA) is 80.5 Å². The highest BCUT2D eigenvalue weighted by Gasteiger charge is 2.26. The van der Waals surface area contributed by atoms with Gasteiger partial charge in [-0.05, 0) is 68.4 Å². The third kappa shape index (κ3) is 5.71. The summed E-state index contributed by atoms with van der Waals surface area (Å²) in [5.74, 6) is 2.05. The van der Waals surface area contributed by atoms with Crippen molar-refractivity contribution in [3.05, 3.63) is 53.2 Å². The maximum atomic E-state index is 6.50. The fourth-order valence-electron chi connectivity index (χ4n) is 4.71. The van der Waals surface area contributed by atoms with Gasteiger partial charge in [0, 0.05) is 49.8 Å². The van der Waals surface area contributed by atoms with Crippen molar-refractivity contribution in [2.75, 3.05) is 11.9 Å². The minimum atomic E-state index is 0.575. The number of nitrogens with one attached hydrogen (secondary N) is 2. The third-order valence-corrected chi connectivity index (χ3v) is 7.23. The Hall–Kier alpha value is -2.51. The highest BCUT2D eigenvalue weighted by atomic mass is 35.5. The van der Waals surface area contributed by atoms with E-state index in [1.807, 2.05) is 36.4 Å². The monoisotopic (exact) mass is 465 g/mol.